The molecule has 1 N–H and O–H groups in total. The second-order valence-electron chi connectivity index (χ2n) is 8.04. The summed E-state index contributed by atoms with van der Waals surface area (Å²) in [5.41, 5.74) is 1.52. The Bertz CT molecular complexity index is 1230. The molecule has 6 nitrogen and oxygen atoms in total. The summed E-state index contributed by atoms with van der Waals surface area (Å²) in [6.45, 7) is 7.50. The number of allylic oxidation sites excluding steroid dienone is 1. The summed E-state index contributed by atoms with van der Waals surface area (Å²) in [7, 11) is 0. The SMILES string of the molecule is C#C[C@@]1(COC(=O)c2ccccc2)C=C(Sc2ccc(C)cc2)[C@H](N2C=C(C)C(=C)NC2=O)O1. The highest BCUT2D eigenvalue weighted by molar-refractivity contribution is 8.03. The maximum Gasteiger partial charge on any atom is 0.338 e. The van der Waals surface area contributed by atoms with Crippen LogP contribution in [0.2, 0.25) is 0 Å². The quantitative estimate of drug-likeness (QED) is 0.473. The maximum atomic E-state index is 12.8. The molecule has 0 fully saturated rings. The number of nitrogens with zero attached hydrogens (tertiary/aromatic N) is 1. The maximum absolute atomic E-state index is 12.8. The molecular formula is C27H24N2O4S. The molecule has 0 unspecified atom stereocenters. The van der Waals surface area contributed by atoms with Gasteiger partial charge in [-0.15, -0.1) is 6.42 Å². The van der Waals surface area contributed by atoms with Crippen molar-refractivity contribution in [2.24, 2.45) is 0 Å². The predicted octanol–water partition coefficient (Wildman–Crippen LogP) is 5.00. The van der Waals surface area contributed by atoms with Crippen molar-refractivity contribution < 1.29 is 19.1 Å². The van der Waals surface area contributed by atoms with Crippen LogP contribution in [0.5, 0.6) is 0 Å². The van der Waals surface area contributed by atoms with E-state index in [1.807, 2.05) is 44.2 Å². The van der Waals surface area contributed by atoms with Crippen molar-refractivity contribution in [2.75, 3.05) is 6.61 Å². The average Bonchev–Trinajstić information content (AvgIpc) is 3.20. The largest absolute Gasteiger partial charge is 0.458 e. The van der Waals surface area contributed by atoms with E-state index >= 15 is 0 Å². The summed E-state index contributed by atoms with van der Waals surface area (Å²) in [5, 5.41) is 2.74. The highest BCUT2D eigenvalue weighted by atomic mass is 32.2. The van der Waals surface area contributed by atoms with E-state index in [9.17, 15) is 9.59 Å². The van der Waals surface area contributed by atoms with Crippen LogP contribution < -0.4 is 5.32 Å². The van der Waals surface area contributed by atoms with Gasteiger partial charge in [0.1, 0.15) is 6.61 Å². The molecule has 2 aromatic rings. The molecule has 0 saturated heterocycles. The molecule has 0 bridgehead atoms. The van der Waals surface area contributed by atoms with E-state index in [1.165, 1.54) is 16.7 Å². The van der Waals surface area contributed by atoms with Gasteiger partial charge in [0.2, 0.25) is 0 Å². The molecule has 2 aliphatic rings. The van der Waals surface area contributed by atoms with E-state index in [1.54, 1.807) is 36.5 Å². The van der Waals surface area contributed by atoms with Crippen molar-refractivity contribution in [1.82, 2.24) is 10.2 Å². The summed E-state index contributed by atoms with van der Waals surface area (Å²) in [5.74, 6) is 2.12. The van der Waals surface area contributed by atoms with Crippen LogP contribution in [-0.2, 0) is 9.47 Å². The van der Waals surface area contributed by atoms with E-state index < -0.39 is 17.8 Å². The number of carbonyl (C=O) groups is 2. The van der Waals surface area contributed by atoms with Crippen LogP contribution in [0.25, 0.3) is 0 Å². The lowest BCUT2D eigenvalue weighted by molar-refractivity contribution is -0.0656. The Morgan fingerprint density at radius 2 is 1.94 bits per heavy atom. The van der Waals surface area contributed by atoms with Crippen LogP contribution in [0.4, 0.5) is 4.79 Å². The van der Waals surface area contributed by atoms with Crippen LogP contribution in [0.1, 0.15) is 22.8 Å². The van der Waals surface area contributed by atoms with Crippen LogP contribution in [-0.4, -0.2) is 35.3 Å². The number of urea groups is 1. The van der Waals surface area contributed by atoms with Crippen LogP contribution in [0.15, 0.2) is 94.5 Å². The molecular weight excluding hydrogens is 448 g/mol. The first-order valence-electron chi connectivity index (χ1n) is 10.6. The molecule has 2 aliphatic heterocycles. The van der Waals surface area contributed by atoms with Crippen molar-refractivity contribution in [2.45, 2.75) is 30.6 Å². The number of aryl methyl sites for hydroxylation is 1. The van der Waals surface area contributed by atoms with Crippen molar-refractivity contribution in [1.29, 1.82) is 0 Å². The molecule has 4 rings (SSSR count). The average molecular weight is 473 g/mol. The normalized spacial score (nSPS) is 21.9. The van der Waals surface area contributed by atoms with Gasteiger partial charge in [0, 0.05) is 21.7 Å². The number of hydrogen-bond acceptors (Lipinski definition) is 5. The molecule has 0 spiro atoms. The zero-order valence-electron chi connectivity index (χ0n) is 18.9. The number of carbonyl (C=O) groups excluding carboxylic acids is 2. The van der Waals surface area contributed by atoms with Gasteiger partial charge in [0.25, 0.3) is 0 Å². The Hall–Kier alpha value is -3.73. The summed E-state index contributed by atoms with van der Waals surface area (Å²) in [4.78, 5) is 28.4. The van der Waals surface area contributed by atoms with E-state index in [0.29, 0.717) is 16.2 Å². The van der Waals surface area contributed by atoms with Gasteiger partial charge in [0.05, 0.1) is 5.56 Å². The lowest BCUT2D eigenvalue weighted by atomic mass is 10.1. The van der Waals surface area contributed by atoms with Gasteiger partial charge in [-0.3, -0.25) is 4.90 Å². The molecule has 7 heteroatoms. The Morgan fingerprint density at radius 3 is 2.62 bits per heavy atom. The number of benzene rings is 2. The van der Waals surface area contributed by atoms with Crippen LogP contribution in [0.3, 0.4) is 0 Å². The van der Waals surface area contributed by atoms with Crippen LogP contribution >= 0.6 is 11.8 Å². The molecule has 2 atom stereocenters. The van der Waals surface area contributed by atoms with Gasteiger partial charge in [-0.25, -0.2) is 9.59 Å². The lowest BCUT2D eigenvalue weighted by Crippen LogP contribution is -2.48. The van der Waals surface area contributed by atoms with E-state index in [2.05, 4.69) is 17.8 Å². The topological polar surface area (TPSA) is 67.9 Å². The van der Waals surface area contributed by atoms with Gasteiger partial charge >= 0.3 is 12.0 Å². The molecule has 0 aliphatic carbocycles. The number of hydrogen-bond donors (Lipinski definition) is 1. The fourth-order valence-corrected chi connectivity index (χ4v) is 4.50. The van der Waals surface area contributed by atoms with Gasteiger partial charge in [-0.05, 0) is 49.8 Å². The first-order chi connectivity index (χ1) is 16.3. The molecule has 2 amide bonds. The second-order valence-corrected chi connectivity index (χ2v) is 9.18. The molecule has 0 saturated carbocycles. The van der Waals surface area contributed by atoms with Gasteiger partial charge in [-0.2, -0.15) is 0 Å². The third-order valence-electron chi connectivity index (χ3n) is 5.42. The van der Waals surface area contributed by atoms with Crippen molar-refractivity contribution in [3.05, 3.63) is 101 Å². The first-order valence-corrected chi connectivity index (χ1v) is 11.4. The number of ether oxygens (including phenoxy) is 2. The van der Waals surface area contributed by atoms with Gasteiger partial charge in [0.15, 0.2) is 11.8 Å². The Labute approximate surface area is 203 Å². The van der Waals surface area contributed by atoms with E-state index in [-0.39, 0.29) is 12.6 Å². The van der Waals surface area contributed by atoms with Crippen molar-refractivity contribution in [3.63, 3.8) is 0 Å². The third kappa shape index (κ3) is 4.93. The summed E-state index contributed by atoms with van der Waals surface area (Å²) >= 11 is 1.44. The van der Waals surface area contributed by atoms with Gasteiger partial charge in [-0.1, -0.05) is 60.2 Å². The lowest BCUT2D eigenvalue weighted by Gasteiger charge is -2.33. The number of esters is 1. The van der Waals surface area contributed by atoms with Gasteiger partial charge < -0.3 is 14.8 Å². The minimum absolute atomic E-state index is 0.198. The number of amides is 2. The zero-order valence-corrected chi connectivity index (χ0v) is 19.7. The number of thioether (sulfide) groups is 1. The Kier molecular flexibility index (Phi) is 6.64. The van der Waals surface area contributed by atoms with E-state index in [0.717, 1.165) is 16.0 Å². The highest BCUT2D eigenvalue weighted by Crippen LogP contribution is 2.41. The molecule has 34 heavy (non-hydrogen) atoms. The van der Waals surface area contributed by atoms with E-state index in [4.69, 9.17) is 15.9 Å². The summed E-state index contributed by atoms with van der Waals surface area (Å²) in [6, 6.07) is 16.3. The second kappa shape index (κ2) is 9.64. The Balaban J connectivity index is 1.63. The predicted molar refractivity (Wildman–Crippen MR) is 132 cm³/mol. The minimum atomic E-state index is -1.33. The standard InChI is InChI=1S/C27H24N2O4S/c1-5-27(17-32-25(30)21-9-7-6-8-10-21)15-23(34-22-13-11-18(2)12-14-22)24(33-27)29-16-19(3)20(4)28-26(29)31/h1,6-16,24H,4,17H2,2-3H3,(H,28,31)/t24-,27+/m1/s1. The summed E-state index contributed by atoms with van der Waals surface area (Å²) in [6.07, 6.45) is 8.50. The third-order valence-corrected chi connectivity index (χ3v) is 6.49. The van der Waals surface area contributed by atoms with Crippen molar-refractivity contribution in [3.8, 4) is 12.3 Å². The molecule has 0 radical (unpaired) electrons. The molecule has 2 aromatic carbocycles. The fraction of sp³-hybridized carbons (Fsp3) is 0.185. The smallest absolute Gasteiger partial charge is 0.338 e. The number of nitrogens with one attached hydrogen (secondary N) is 1. The first kappa shape index (κ1) is 23.4. The molecule has 2 heterocycles. The van der Waals surface area contributed by atoms with Crippen LogP contribution in [0, 0.1) is 19.3 Å². The molecule has 0 aromatic heterocycles. The fourth-order valence-electron chi connectivity index (χ4n) is 3.44. The number of terminal acetylenes is 1. The monoisotopic (exact) mass is 472 g/mol. The minimum Gasteiger partial charge on any atom is -0.458 e. The summed E-state index contributed by atoms with van der Waals surface area (Å²) < 4.78 is 11.8. The Morgan fingerprint density at radius 1 is 1.24 bits per heavy atom. The van der Waals surface area contributed by atoms with Crippen molar-refractivity contribution >= 4 is 23.8 Å². The number of rotatable bonds is 6. The highest BCUT2D eigenvalue weighted by Gasteiger charge is 2.45. The zero-order chi connectivity index (χ0) is 24.3. The molecule has 172 valence electrons.